The first-order valence-corrected chi connectivity index (χ1v) is 9.10. The Morgan fingerprint density at radius 2 is 2.14 bits per heavy atom. The quantitative estimate of drug-likeness (QED) is 0.622. The number of nitrogens with zero attached hydrogens (tertiary/aromatic N) is 1. The Bertz CT molecular complexity index is 572. The standard InChI is InChI=1S/C17H25N3S/c1-13-7-8-15-16(11-13)20-17(19-15)21-10-9-18-12-14-5-3-2-4-6-14/h7-8,11,14,18H,2-6,9-10,12H2,1H3,(H,19,20). The van der Waals surface area contributed by atoms with Crippen molar-refractivity contribution in [3.8, 4) is 0 Å². The van der Waals surface area contributed by atoms with Crippen molar-refractivity contribution in [3.63, 3.8) is 0 Å². The van der Waals surface area contributed by atoms with Gasteiger partial charge in [-0.25, -0.2) is 4.98 Å². The van der Waals surface area contributed by atoms with Gasteiger partial charge in [0.05, 0.1) is 11.0 Å². The van der Waals surface area contributed by atoms with Crippen LogP contribution < -0.4 is 5.32 Å². The molecule has 0 atom stereocenters. The van der Waals surface area contributed by atoms with Gasteiger partial charge in [-0.2, -0.15) is 0 Å². The molecule has 21 heavy (non-hydrogen) atoms. The number of H-pyrrole nitrogens is 1. The number of hydrogen-bond donors (Lipinski definition) is 2. The Balaban J connectivity index is 1.40. The third kappa shape index (κ3) is 4.24. The number of rotatable bonds is 6. The SMILES string of the molecule is Cc1ccc2nc(SCCNCC3CCCCC3)[nH]c2c1. The summed E-state index contributed by atoms with van der Waals surface area (Å²) < 4.78 is 0. The highest BCUT2D eigenvalue weighted by atomic mass is 32.2. The average Bonchev–Trinajstić information content (AvgIpc) is 2.90. The number of imidazole rings is 1. The molecule has 1 saturated carbocycles. The van der Waals surface area contributed by atoms with Crippen molar-refractivity contribution < 1.29 is 0 Å². The van der Waals surface area contributed by atoms with Gasteiger partial charge in [0.1, 0.15) is 0 Å². The zero-order valence-electron chi connectivity index (χ0n) is 12.8. The van der Waals surface area contributed by atoms with Crippen LogP contribution >= 0.6 is 11.8 Å². The van der Waals surface area contributed by atoms with E-state index in [1.165, 1.54) is 44.2 Å². The van der Waals surface area contributed by atoms with E-state index < -0.39 is 0 Å². The van der Waals surface area contributed by atoms with Crippen molar-refractivity contribution in [2.45, 2.75) is 44.2 Å². The molecule has 0 spiro atoms. The summed E-state index contributed by atoms with van der Waals surface area (Å²) in [4.78, 5) is 8.02. The van der Waals surface area contributed by atoms with Crippen LogP contribution in [0, 0.1) is 12.8 Å². The van der Waals surface area contributed by atoms with Gasteiger partial charge in [0, 0.05) is 12.3 Å². The van der Waals surface area contributed by atoms with E-state index in [1.807, 2.05) is 11.8 Å². The molecule has 4 heteroatoms. The van der Waals surface area contributed by atoms with Crippen LogP contribution in [0.1, 0.15) is 37.7 Å². The van der Waals surface area contributed by atoms with Crippen molar-refractivity contribution in [2.75, 3.05) is 18.8 Å². The highest BCUT2D eigenvalue weighted by molar-refractivity contribution is 7.99. The lowest BCUT2D eigenvalue weighted by Gasteiger charge is -2.21. The molecule has 0 saturated heterocycles. The number of benzene rings is 1. The molecule has 3 nitrogen and oxygen atoms in total. The van der Waals surface area contributed by atoms with Crippen molar-refractivity contribution in [3.05, 3.63) is 23.8 Å². The molecule has 114 valence electrons. The van der Waals surface area contributed by atoms with Gasteiger partial charge in [-0.3, -0.25) is 0 Å². The van der Waals surface area contributed by atoms with E-state index >= 15 is 0 Å². The summed E-state index contributed by atoms with van der Waals surface area (Å²) in [7, 11) is 0. The molecule has 0 amide bonds. The highest BCUT2D eigenvalue weighted by Crippen LogP contribution is 2.23. The Morgan fingerprint density at radius 3 is 3.00 bits per heavy atom. The van der Waals surface area contributed by atoms with Gasteiger partial charge in [0.15, 0.2) is 5.16 Å². The monoisotopic (exact) mass is 303 g/mol. The zero-order valence-corrected chi connectivity index (χ0v) is 13.6. The first-order valence-electron chi connectivity index (χ1n) is 8.11. The van der Waals surface area contributed by atoms with E-state index in [0.29, 0.717) is 0 Å². The van der Waals surface area contributed by atoms with E-state index in [-0.39, 0.29) is 0 Å². The van der Waals surface area contributed by atoms with Crippen molar-refractivity contribution in [1.29, 1.82) is 0 Å². The predicted molar refractivity (Wildman–Crippen MR) is 91.0 cm³/mol. The number of aromatic amines is 1. The van der Waals surface area contributed by atoms with Gasteiger partial charge in [-0.15, -0.1) is 0 Å². The second-order valence-corrected chi connectivity index (χ2v) is 7.20. The molecule has 0 aliphatic heterocycles. The molecular formula is C17H25N3S. The lowest BCUT2D eigenvalue weighted by atomic mass is 9.89. The van der Waals surface area contributed by atoms with Crippen LogP contribution in [0.5, 0.6) is 0 Å². The number of hydrogen-bond acceptors (Lipinski definition) is 3. The molecular weight excluding hydrogens is 278 g/mol. The average molecular weight is 303 g/mol. The second kappa shape index (κ2) is 7.32. The maximum atomic E-state index is 4.62. The minimum atomic E-state index is 0.915. The van der Waals surface area contributed by atoms with E-state index in [4.69, 9.17) is 0 Å². The second-order valence-electron chi connectivity index (χ2n) is 6.12. The largest absolute Gasteiger partial charge is 0.333 e. The number of aryl methyl sites for hydroxylation is 1. The van der Waals surface area contributed by atoms with Gasteiger partial charge >= 0.3 is 0 Å². The third-order valence-electron chi connectivity index (χ3n) is 4.29. The van der Waals surface area contributed by atoms with E-state index in [1.54, 1.807) is 0 Å². The molecule has 2 aromatic rings. The molecule has 2 N–H and O–H groups in total. The number of aromatic nitrogens is 2. The lowest BCUT2D eigenvalue weighted by Crippen LogP contribution is -2.26. The Morgan fingerprint density at radius 1 is 1.29 bits per heavy atom. The first kappa shape index (κ1) is 14.9. The Hall–Kier alpha value is -1.00. The van der Waals surface area contributed by atoms with E-state index in [9.17, 15) is 0 Å². The minimum absolute atomic E-state index is 0.915. The van der Waals surface area contributed by atoms with E-state index in [2.05, 4.69) is 40.4 Å². The molecule has 0 unspecified atom stereocenters. The Kier molecular flexibility index (Phi) is 5.20. The first-order chi connectivity index (χ1) is 10.3. The van der Waals surface area contributed by atoms with Gasteiger partial charge < -0.3 is 10.3 Å². The topological polar surface area (TPSA) is 40.7 Å². The van der Waals surface area contributed by atoms with Gasteiger partial charge in [-0.1, -0.05) is 37.1 Å². The molecule has 0 radical (unpaired) electrons. The van der Waals surface area contributed by atoms with Crippen LogP contribution in [0.4, 0.5) is 0 Å². The number of nitrogens with one attached hydrogen (secondary N) is 2. The van der Waals surface area contributed by atoms with Crippen LogP contribution in [0.3, 0.4) is 0 Å². The summed E-state index contributed by atoms with van der Waals surface area (Å²) in [6, 6.07) is 6.36. The van der Waals surface area contributed by atoms with Gasteiger partial charge in [-0.05, 0) is 49.9 Å². The molecule has 3 rings (SSSR count). The summed E-state index contributed by atoms with van der Waals surface area (Å²) >= 11 is 1.81. The fraction of sp³-hybridized carbons (Fsp3) is 0.588. The van der Waals surface area contributed by atoms with Crippen LogP contribution in [-0.4, -0.2) is 28.8 Å². The normalized spacial score (nSPS) is 16.6. The smallest absolute Gasteiger partial charge is 0.166 e. The van der Waals surface area contributed by atoms with Crippen LogP contribution in [0.25, 0.3) is 11.0 Å². The Labute approximate surface area is 131 Å². The zero-order chi connectivity index (χ0) is 14.5. The maximum absolute atomic E-state index is 4.62. The summed E-state index contributed by atoms with van der Waals surface area (Å²) in [6.45, 7) is 4.37. The fourth-order valence-electron chi connectivity index (χ4n) is 3.09. The molecule has 1 aromatic heterocycles. The molecule has 1 aliphatic carbocycles. The van der Waals surface area contributed by atoms with Crippen molar-refractivity contribution >= 4 is 22.8 Å². The van der Waals surface area contributed by atoms with Crippen LogP contribution in [0.15, 0.2) is 23.4 Å². The number of fused-ring (bicyclic) bond motifs is 1. The van der Waals surface area contributed by atoms with Crippen molar-refractivity contribution in [1.82, 2.24) is 15.3 Å². The fourth-order valence-corrected chi connectivity index (χ4v) is 3.87. The van der Waals surface area contributed by atoms with Gasteiger partial charge in [0.2, 0.25) is 0 Å². The lowest BCUT2D eigenvalue weighted by molar-refractivity contribution is 0.345. The number of thioether (sulfide) groups is 1. The molecule has 1 aromatic carbocycles. The summed E-state index contributed by atoms with van der Waals surface area (Å²) in [5, 5.41) is 4.64. The summed E-state index contributed by atoms with van der Waals surface area (Å²) in [5.41, 5.74) is 3.49. The highest BCUT2D eigenvalue weighted by Gasteiger charge is 2.12. The summed E-state index contributed by atoms with van der Waals surface area (Å²) in [5.74, 6) is 1.99. The minimum Gasteiger partial charge on any atom is -0.333 e. The molecule has 1 fully saturated rings. The van der Waals surface area contributed by atoms with Gasteiger partial charge in [0.25, 0.3) is 0 Å². The van der Waals surface area contributed by atoms with Crippen LogP contribution in [-0.2, 0) is 0 Å². The third-order valence-corrected chi connectivity index (χ3v) is 5.17. The van der Waals surface area contributed by atoms with Crippen LogP contribution in [0.2, 0.25) is 0 Å². The maximum Gasteiger partial charge on any atom is 0.166 e. The van der Waals surface area contributed by atoms with Crippen molar-refractivity contribution in [2.24, 2.45) is 5.92 Å². The van der Waals surface area contributed by atoms with E-state index in [0.717, 1.165) is 34.4 Å². The predicted octanol–water partition coefficient (Wildman–Crippen LogP) is 4.13. The summed E-state index contributed by atoms with van der Waals surface area (Å²) in [6.07, 6.45) is 7.14. The molecule has 1 heterocycles. The molecule has 0 bridgehead atoms. The molecule has 1 aliphatic rings.